The van der Waals surface area contributed by atoms with Crippen LogP contribution in [-0.4, -0.2) is 19.7 Å². The Hall–Kier alpha value is -3.65. The number of halogens is 2. The molecule has 176 valence electrons. The summed E-state index contributed by atoms with van der Waals surface area (Å²) in [5, 5.41) is 9.41. The summed E-state index contributed by atoms with van der Waals surface area (Å²) in [6.07, 6.45) is 8.31. The minimum atomic E-state index is -0.328. The number of imidazole rings is 1. The van der Waals surface area contributed by atoms with Gasteiger partial charge in [0, 0.05) is 33.6 Å². The number of hydrogen-bond donors (Lipinski definition) is 0. The summed E-state index contributed by atoms with van der Waals surface area (Å²) in [6, 6.07) is 14.8. The summed E-state index contributed by atoms with van der Waals surface area (Å²) in [6.45, 7) is 4.76. The Morgan fingerprint density at radius 2 is 1.97 bits per heavy atom. The molecule has 0 aliphatic heterocycles. The molecule has 0 fully saturated rings. The Morgan fingerprint density at radius 3 is 2.71 bits per heavy atom. The van der Waals surface area contributed by atoms with Gasteiger partial charge in [-0.1, -0.05) is 54.1 Å². The van der Waals surface area contributed by atoms with Gasteiger partial charge >= 0.3 is 0 Å². The van der Waals surface area contributed by atoms with Crippen LogP contribution >= 0.6 is 23.2 Å². The number of rotatable bonds is 9. The van der Waals surface area contributed by atoms with Crippen LogP contribution in [0.5, 0.6) is 0 Å². The van der Waals surface area contributed by atoms with Crippen molar-refractivity contribution in [3.8, 4) is 23.1 Å². The Morgan fingerprint density at radius 1 is 1.09 bits per heavy atom. The third kappa shape index (κ3) is 5.22. The molecule has 7 nitrogen and oxygen atoms in total. The molecule has 0 aliphatic carbocycles. The molecular formula is C26H20Cl2N4O3. The van der Waals surface area contributed by atoms with Gasteiger partial charge in [0.1, 0.15) is 6.10 Å². The van der Waals surface area contributed by atoms with Crippen molar-refractivity contribution in [2.24, 2.45) is 0 Å². The second-order valence-corrected chi connectivity index (χ2v) is 8.58. The van der Waals surface area contributed by atoms with Crippen LogP contribution in [0.3, 0.4) is 0 Å². The first-order valence-corrected chi connectivity index (χ1v) is 11.5. The summed E-state index contributed by atoms with van der Waals surface area (Å²) in [5.41, 5.74) is 3.37. The molecule has 0 saturated carbocycles. The van der Waals surface area contributed by atoms with E-state index in [0.717, 1.165) is 22.3 Å². The molecule has 5 aromatic rings. The Balaban J connectivity index is 1.41. The lowest BCUT2D eigenvalue weighted by Crippen LogP contribution is -2.12. The summed E-state index contributed by atoms with van der Waals surface area (Å²) in [4.78, 5) is 4.12. The van der Waals surface area contributed by atoms with Crippen LogP contribution in [-0.2, 0) is 17.9 Å². The zero-order valence-corrected chi connectivity index (χ0v) is 20.0. The molecule has 35 heavy (non-hydrogen) atoms. The molecule has 0 bridgehead atoms. The quantitative estimate of drug-likeness (QED) is 0.212. The topological polar surface area (TPSA) is 79.1 Å². The van der Waals surface area contributed by atoms with Gasteiger partial charge in [0.25, 0.3) is 5.89 Å². The minimum absolute atomic E-state index is 0.305. The van der Waals surface area contributed by atoms with Crippen molar-refractivity contribution in [3.63, 3.8) is 0 Å². The monoisotopic (exact) mass is 506 g/mol. The number of aromatic nitrogens is 4. The molecule has 1 atom stereocenters. The van der Waals surface area contributed by atoms with E-state index in [4.69, 9.17) is 36.8 Å². The number of hydrogen-bond acceptors (Lipinski definition) is 6. The summed E-state index contributed by atoms with van der Waals surface area (Å²) >= 11 is 12.6. The van der Waals surface area contributed by atoms with Crippen molar-refractivity contribution in [1.82, 2.24) is 19.7 Å². The molecule has 2 aromatic carbocycles. The maximum atomic E-state index is 6.50. The zero-order chi connectivity index (χ0) is 24.2. The van der Waals surface area contributed by atoms with Crippen LogP contribution in [0.15, 0.2) is 88.9 Å². The first-order valence-electron chi connectivity index (χ1n) is 10.8. The van der Waals surface area contributed by atoms with Crippen LogP contribution in [0.4, 0.5) is 0 Å². The van der Waals surface area contributed by atoms with Crippen molar-refractivity contribution in [1.29, 1.82) is 0 Å². The zero-order valence-electron chi connectivity index (χ0n) is 18.5. The van der Waals surface area contributed by atoms with E-state index < -0.39 is 0 Å². The van der Waals surface area contributed by atoms with Gasteiger partial charge in [-0.2, -0.15) is 0 Å². The molecule has 0 aliphatic rings. The molecule has 0 radical (unpaired) electrons. The molecule has 3 aromatic heterocycles. The molecule has 9 heteroatoms. The SMILES string of the molecule is C=Cc1ccc(COC(Cn2ccnc2)c2ccc(Cl)cc2Cl)cc1-c1nnc(-c2ccco2)o1. The first kappa shape index (κ1) is 23.1. The number of ether oxygens (including phenoxy) is 1. The molecule has 5 rings (SSSR count). The van der Waals surface area contributed by atoms with Gasteiger partial charge in [0.2, 0.25) is 5.89 Å². The normalized spacial score (nSPS) is 12.1. The first-order chi connectivity index (χ1) is 17.1. The second-order valence-electron chi connectivity index (χ2n) is 7.74. The fourth-order valence-corrected chi connectivity index (χ4v) is 4.20. The number of benzene rings is 2. The lowest BCUT2D eigenvalue weighted by molar-refractivity contribution is 0.0280. The van der Waals surface area contributed by atoms with Crippen molar-refractivity contribution in [2.45, 2.75) is 19.3 Å². The maximum Gasteiger partial charge on any atom is 0.283 e. The lowest BCUT2D eigenvalue weighted by atomic mass is 10.0. The Labute approximate surface area is 211 Å². The molecule has 0 amide bonds. The standard InChI is InChI=1S/C26H20Cl2N4O3/c1-2-18-6-5-17(12-21(18)25-30-31-26(35-25)23-4-3-11-33-23)15-34-24(14-32-10-9-29-16-32)20-8-7-19(27)13-22(20)28/h2-13,16,24H,1,14-15H2. The average molecular weight is 507 g/mol. The van der Waals surface area contributed by atoms with E-state index in [0.29, 0.717) is 40.7 Å². The van der Waals surface area contributed by atoms with E-state index in [2.05, 4.69) is 21.8 Å². The van der Waals surface area contributed by atoms with Crippen LogP contribution in [0.2, 0.25) is 10.0 Å². The van der Waals surface area contributed by atoms with Gasteiger partial charge in [-0.25, -0.2) is 4.98 Å². The van der Waals surface area contributed by atoms with Gasteiger partial charge in [0.05, 0.1) is 25.7 Å². The van der Waals surface area contributed by atoms with Crippen LogP contribution in [0, 0.1) is 0 Å². The molecule has 0 saturated heterocycles. The van der Waals surface area contributed by atoms with Crippen molar-refractivity contribution in [3.05, 3.63) is 107 Å². The highest BCUT2D eigenvalue weighted by molar-refractivity contribution is 6.35. The maximum absolute atomic E-state index is 6.50. The fourth-order valence-electron chi connectivity index (χ4n) is 3.67. The number of nitrogens with zero attached hydrogens (tertiary/aromatic N) is 4. The van der Waals surface area contributed by atoms with Gasteiger partial charge < -0.3 is 18.1 Å². The largest absolute Gasteiger partial charge is 0.459 e. The molecule has 1 unspecified atom stereocenters. The fraction of sp³-hybridized carbons (Fsp3) is 0.115. The smallest absolute Gasteiger partial charge is 0.283 e. The summed E-state index contributed by atoms with van der Waals surface area (Å²) in [7, 11) is 0. The molecule has 0 N–H and O–H groups in total. The third-order valence-corrected chi connectivity index (χ3v) is 5.98. The highest BCUT2D eigenvalue weighted by Gasteiger charge is 2.19. The predicted molar refractivity (Wildman–Crippen MR) is 134 cm³/mol. The van der Waals surface area contributed by atoms with Crippen molar-refractivity contribution < 1.29 is 13.6 Å². The highest BCUT2D eigenvalue weighted by atomic mass is 35.5. The van der Waals surface area contributed by atoms with E-state index in [9.17, 15) is 0 Å². The Kier molecular flexibility index (Phi) is 6.81. The van der Waals surface area contributed by atoms with Gasteiger partial charge in [-0.05, 0) is 41.5 Å². The molecule has 3 heterocycles. The van der Waals surface area contributed by atoms with E-state index in [1.54, 1.807) is 49.1 Å². The summed E-state index contributed by atoms with van der Waals surface area (Å²) in [5.74, 6) is 1.17. The van der Waals surface area contributed by atoms with Crippen LogP contribution in [0.25, 0.3) is 29.2 Å². The van der Waals surface area contributed by atoms with Crippen LogP contribution in [0.1, 0.15) is 22.8 Å². The van der Waals surface area contributed by atoms with E-state index in [1.807, 2.05) is 35.0 Å². The average Bonchev–Trinajstić information content (AvgIpc) is 3.64. The highest BCUT2D eigenvalue weighted by Crippen LogP contribution is 2.32. The summed E-state index contributed by atoms with van der Waals surface area (Å²) < 4.78 is 19.5. The van der Waals surface area contributed by atoms with Crippen LogP contribution < -0.4 is 0 Å². The van der Waals surface area contributed by atoms with E-state index in [1.165, 1.54) is 0 Å². The predicted octanol–water partition coefficient (Wildman–Crippen LogP) is 7.10. The lowest BCUT2D eigenvalue weighted by Gasteiger charge is -2.20. The van der Waals surface area contributed by atoms with Crippen molar-refractivity contribution >= 4 is 29.3 Å². The molecular weight excluding hydrogens is 487 g/mol. The minimum Gasteiger partial charge on any atom is -0.459 e. The van der Waals surface area contributed by atoms with Gasteiger partial charge in [0.15, 0.2) is 5.76 Å². The van der Waals surface area contributed by atoms with Crippen molar-refractivity contribution in [2.75, 3.05) is 0 Å². The van der Waals surface area contributed by atoms with Gasteiger partial charge in [-0.15, -0.1) is 10.2 Å². The number of furan rings is 1. The van der Waals surface area contributed by atoms with Gasteiger partial charge in [-0.3, -0.25) is 0 Å². The third-order valence-electron chi connectivity index (χ3n) is 5.42. The van der Waals surface area contributed by atoms with E-state index in [-0.39, 0.29) is 6.10 Å². The second kappa shape index (κ2) is 10.3. The van der Waals surface area contributed by atoms with E-state index >= 15 is 0 Å². The Bertz CT molecular complexity index is 1430. The molecule has 0 spiro atoms.